The predicted molar refractivity (Wildman–Crippen MR) is 150 cm³/mol. The molecule has 1 aliphatic carbocycles. The molecule has 2 aromatic heterocycles. The molecule has 40 heavy (non-hydrogen) atoms. The van der Waals surface area contributed by atoms with Gasteiger partial charge in [0.15, 0.2) is 5.78 Å². The Morgan fingerprint density at radius 1 is 1.15 bits per heavy atom. The highest BCUT2D eigenvalue weighted by Gasteiger charge is 2.45. The molecule has 5 rings (SSSR count). The molecule has 1 unspecified atom stereocenters. The second kappa shape index (κ2) is 10.4. The zero-order valence-electron chi connectivity index (χ0n) is 22.6. The van der Waals surface area contributed by atoms with E-state index >= 15 is 0 Å². The molecule has 0 spiro atoms. The van der Waals surface area contributed by atoms with Gasteiger partial charge in [0.2, 0.25) is 0 Å². The number of hydrazine groups is 1. The summed E-state index contributed by atoms with van der Waals surface area (Å²) in [6, 6.07) is 12.3. The number of ketones is 1. The van der Waals surface area contributed by atoms with Crippen LogP contribution >= 0.6 is 0 Å². The summed E-state index contributed by atoms with van der Waals surface area (Å²) in [6.07, 6.45) is 6.75. The Morgan fingerprint density at radius 2 is 1.88 bits per heavy atom. The minimum absolute atomic E-state index is 0.0712. The number of nitrogens with zero attached hydrogens (tertiary/aromatic N) is 3. The van der Waals surface area contributed by atoms with E-state index in [-0.39, 0.29) is 35.4 Å². The summed E-state index contributed by atoms with van der Waals surface area (Å²) in [5, 5.41) is 2.21. The van der Waals surface area contributed by atoms with Crippen LogP contribution < -0.4 is 11.0 Å². The van der Waals surface area contributed by atoms with Crippen molar-refractivity contribution in [2.45, 2.75) is 39.2 Å². The summed E-state index contributed by atoms with van der Waals surface area (Å²) in [4.78, 5) is 58.2. The molecular formula is C31H30N4O5. The second-order valence-electron chi connectivity index (χ2n) is 10.7. The zero-order chi connectivity index (χ0) is 28.6. The average molecular weight is 539 g/mol. The van der Waals surface area contributed by atoms with Crippen LogP contribution in [-0.4, -0.2) is 39.3 Å². The number of Topliss-reactive ketones (excluding diaryl/α,β-unsaturated/α-hetero) is 1. The number of esters is 1. The second-order valence-corrected chi connectivity index (χ2v) is 10.7. The fourth-order valence-electron chi connectivity index (χ4n) is 5.55. The first kappa shape index (κ1) is 26.8. The maximum absolute atomic E-state index is 14.0. The van der Waals surface area contributed by atoms with E-state index in [4.69, 9.17) is 4.74 Å². The normalized spacial score (nSPS) is 18.2. The maximum Gasteiger partial charge on any atom is 0.336 e. The lowest BCUT2D eigenvalue weighted by Crippen LogP contribution is -2.46. The monoisotopic (exact) mass is 538 g/mol. The van der Waals surface area contributed by atoms with E-state index in [1.54, 1.807) is 28.8 Å². The van der Waals surface area contributed by atoms with Gasteiger partial charge < -0.3 is 9.30 Å². The van der Waals surface area contributed by atoms with Gasteiger partial charge in [-0.3, -0.25) is 29.8 Å². The molecule has 9 heteroatoms. The van der Waals surface area contributed by atoms with Gasteiger partial charge in [0.05, 0.1) is 24.1 Å². The third-order valence-corrected chi connectivity index (χ3v) is 7.29. The van der Waals surface area contributed by atoms with Crippen LogP contribution in [0.4, 0.5) is 0 Å². The lowest BCUT2D eigenvalue weighted by atomic mass is 9.69. The van der Waals surface area contributed by atoms with Crippen LogP contribution in [0, 0.1) is 5.41 Å². The number of para-hydroxylation sites is 1. The molecule has 9 nitrogen and oxygen atoms in total. The number of allylic oxidation sites excluding steroid dienone is 3. The molecule has 1 aromatic carbocycles. The quantitative estimate of drug-likeness (QED) is 0.373. The van der Waals surface area contributed by atoms with Gasteiger partial charge in [-0.1, -0.05) is 38.1 Å². The first-order valence-corrected chi connectivity index (χ1v) is 12.9. The van der Waals surface area contributed by atoms with Crippen LogP contribution in [0.15, 0.2) is 95.4 Å². The van der Waals surface area contributed by atoms with Crippen molar-refractivity contribution in [3.8, 4) is 0 Å². The van der Waals surface area contributed by atoms with Crippen molar-refractivity contribution in [1.82, 2.24) is 20.0 Å². The first-order chi connectivity index (χ1) is 19.1. The summed E-state index contributed by atoms with van der Waals surface area (Å²) in [7, 11) is 1.24. The van der Waals surface area contributed by atoms with Crippen molar-refractivity contribution in [3.63, 3.8) is 0 Å². The Kier molecular flexibility index (Phi) is 6.97. The zero-order valence-corrected chi connectivity index (χ0v) is 22.6. The highest BCUT2D eigenvalue weighted by molar-refractivity contribution is 6.04. The number of fused-ring (bicyclic) bond motifs is 1. The predicted octanol–water partition coefficient (Wildman–Crippen LogP) is 4.03. The minimum Gasteiger partial charge on any atom is -0.466 e. The highest BCUT2D eigenvalue weighted by atomic mass is 16.5. The molecule has 204 valence electrons. The summed E-state index contributed by atoms with van der Waals surface area (Å²) >= 11 is 0. The van der Waals surface area contributed by atoms with Crippen molar-refractivity contribution in [1.29, 1.82) is 0 Å². The molecule has 0 saturated heterocycles. The van der Waals surface area contributed by atoms with Crippen molar-refractivity contribution in [3.05, 3.63) is 112 Å². The van der Waals surface area contributed by atoms with Gasteiger partial charge in [-0.15, -0.1) is 6.58 Å². The fraction of sp³-hybridized carbons (Fsp3) is 0.258. The van der Waals surface area contributed by atoms with E-state index in [1.165, 1.54) is 30.7 Å². The Bertz CT molecular complexity index is 1670. The first-order valence-electron chi connectivity index (χ1n) is 12.9. The minimum atomic E-state index is -0.978. The van der Waals surface area contributed by atoms with E-state index in [2.05, 4.69) is 17.0 Å². The molecular weight excluding hydrogens is 508 g/mol. The molecule has 1 amide bonds. The van der Waals surface area contributed by atoms with Crippen molar-refractivity contribution in [2.24, 2.45) is 5.41 Å². The summed E-state index contributed by atoms with van der Waals surface area (Å²) in [5.74, 6) is -2.33. The fourth-order valence-corrected chi connectivity index (χ4v) is 5.55. The number of ether oxygens (including phenoxy) is 1. The van der Waals surface area contributed by atoms with E-state index < -0.39 is 23.2 Å². The van der Waals surface area contributed by atoms with E-state index in [0.29, 0.717) is 28.8 Å². The van der Waals surface area contributed by atoms with Crippen LogP contribution in [0.3, 0.4) is 0 Å². The van der Waals surface area contributed by atoms with Crippen molar-refractivity contribution >= 4 is 28.6 Å². The molecule has 1 atom stereocenters. The number of benzene rings is 1. The number of carbonyl (C=O) groups is 3. The summed E-state index contributed by atoms with van der Waals surface area (Å²) in [5.41, 5.74) is 4.33. The number of rotatable bonds is 6. The van der Waals surface area contributed by atoms with Gasteiger partial charge >= 0.3 is 5.97 Å². The number of methoxy groups -OCH3 is 1. The number of amides is 1. The van der Waals surface area contributed by atoms with Crippen LogP contribution in [0.1, 0.15) is 48.5 Å². The van der Waals surface area contributed by atoms with Crippen LogP contribution in [0.25, 0.3) is 10.9 Å². The molecule has 3 heterocycles. The Morgan fingerprint density at radius 3 is 2.58 bits per heavy atom. The number of hydrogen-bond acceptors (Lipinski definition) is 7. The molecule has 0 fully saturated rings. The maximum atomic E-state index is 14.0. The topological polar surface area (TPSA) is 111 Å². The smallest absolute Gasteiger partial charge is 0.336 e. The molecule has 0 saturated carbocycles. The van der Waals surface area contributed by atoms with Gasteiger partial charge in [-0.2, -0.15) is 0 Å². The molecule has 0 bridgehead atoms. The van der Waals surface area contributed by atoms with Crippen LogP contribution in [0.2, 0.25) is 0 Å². The SMILES string of the molecule is C=CCn1c(=O)c(C2C(C(=O)OC)=CN(NC(=O)c3ccncc3)C3=C2C(=O)CC(C)(C)C3)cc2ccccc21. The Balaban J connectivity index is 1.75. The molecule has 2 aliphatic rings. The van der Waals surface area contributed by atoms with Crippen molar-refractivity contribution < 1.29 is 19.1 Å². The number of nitrogens with one attached hydrogen (secondary N) is 1. The third-order valence-electron chi connectivity index (χ3n) is 7.29. The largest absolute Gasteiger partial charge is 0.466 e. The number of aromatic nitrogens is 2. The Labute approximate surface area is 231 Å². The molecule has 1 N–H and O–H groups in total. The number of pyridine rings is 2. The number of carbonyl (C=O) groups excluding carboxylic acids is 3. The van der Waals surface area contributed by atoms with Gasteiger partial charge in [0.1, 0.15) is 0 Å². The lowest BCUT2D eigenvalue weighted by molar-refractivity contribution is -0.136. The van der Waals surface area contributed by atoms with Crippen LogP contribution in [0.5, 0.6) is 0 Å². The Hall–Kier alpha value is -4.79. The lowest BCUT2D eigenvalue weighted by Gasteiger charge is -2.42. The van der Waals surface area contributed by atoms with Gasteiger partial charge in [0, 0.05) is 54.0 Å². The van der Waals surface area contributed by atoms with Crippen molar-refractivity contribution in [2.75, 3.05) is 7.11 Å². The van der Waals surface area contributed by atoms with E-state index in [1.807, 2.05) is 38.1 Å². The van der Waals surface area contributed by atoms with Gasteiger partial charge in [0.25, 0.3) is 11.5 Å². The molecule has 0 radical (unpaired) electrons. The highest BCUT2D eigenvalue weighted by Crippen LogP contribution is 2.47. The van der Waals surface area contributed by atoms with Gasteiger partial charge in [-0.05, 0) is 41.5 Å². The van der Waals surface area contributed by atoms with Crippen LogP contribution in [-0.2, 0) is 20.9 Å². The summed E-state index contributed by atoms with van der Waals surface area (Å²) < 4.78 is 6.71. The summed E-state index contributed by atoms with van der Waals surface area (Å²) in [6.45, 7) is 7.99. The average Bonchev–Trinajstić information content (AvgIpc) is 2.94. The van der Waals surface area contributed by atoms with E-state index in [0.717, 1.165) is 5.39 Å². The van der Waals surface area contributed by atoms with Gasteiger partial charge in [-0.25, -0.2) is 4.79 Å². The third kappa shape index (κ3) is 4.75. The molecule has 1 aliphatic heterocycles. The number of hydrogen-bond donors (Lipinski definition) is 1. The standard InChI is InChI=1S/C31H30N4O5/c1-5-14-34-23-9-7-6-8-20(23)15-21(29(34)38)26-22(30(39)40-4)18-35(33-28(37)19-10-12-32-13-11-19)24-16-31(2,3)17-25(36)27(24)26/h5-13,15,18,26H,1,14,16-17H2,2-4H3,(H,33,37). The molecule has 3 aromatic rings. The van der Waals surface area contributed by atoms with E-state index in [9.17, 15) is 19.2 Å².